The van der Waals surface area contributed by atoms with Crippen molar-refractivity contribution in [1.29, 1.82) is 0 Å². The third-order valence-corrected chi connectivity index (χ3v) is 3.52. The first-order valence-corrected chi connectivity index (χ1v) is 6.93. The number of nitrogens with two attached hydrogens (primary N) is 1. The monoisotopic (exact) mass is 270 g/mol. The minimum atomic E-state index is 0.201. The van der Waals surface area contributed by atoms with E-state index in [1.54, 1.807) is 0 Å². The zero-order valence-electron chi connectivity index (χ0n) is 12.2. The van der Waals surface area contributed by atoms with Crippen molar-refractivity contribution in [3.8, 4) is 0 Å². The average molecular weight is 270 g/mol. The quantitative estimate of drug-likeness (QED) is 0.872. The highest BCUT2D eigenvalue weighted by Gasteiger charge is 2.15. The van der Waals surface area contributed by atoms with E-state index in [9.17, 15) is 0 Å². The Morgan fingerprint density at radius 1 is 1.20 bits per heavy atom. The van der Waals surface area contributed by atoms with Crippen LogP contribution in [0.5, 0.6) is 0 Å². The van der Waals surface area contributed by atoms with Gasteiger partial charge in [0.1, 0.15) is 0 Å². The first-order chi connectivity index (χ1) is 9.70. The Labute approximate surface area is 120 Å². The molecular weight excluding hydrogens is 248 g/mol. The average Bonchev–Trinajstić information content (AvgIpc) is 2.49. The van der Waals surface area contributed by atoms with E-state index in [-0.39, 0.29) is 6.04 Å². The largest absolute Gasteiger partial charge is 0.329 e. The van der Waals surface area contributed by atoms with Crippen molar-refractivity contribution in [3.05, 3.63) is 59.7 Å². The number of aromatic nitrogens is 2. The predicted octanol–water partition coefficient (Wildman–Crippen LogP) is 1.96. The van der Waals surface area contributed by atoms with Crippen LogP contribution in [0.1, 0.15) is 23.0 Å². The number of aryl methyl sites for hydroxylation is 1. The van der Waals surface area contributed by atoms with E-state index in [0.717, 1.165) is 24.4 Å². The molecule has 0 saturated carbocycles. The fourth-order valence-electron chi connectivity index (χ4n) is 2.24. The van der Waals surface area contributed by atoms with Crippen molar-refractivity contribution in [2.24, 2.45) is 5.73 Å². The Balaban J connectivity index is 1.98. The van der Waals surface area contributed by atoms with Gasteiger partial charge in [-0.05, 0) is 37.7 Å². The van der Waals surface area contributed by atoms with E-state index < -0.39 is 0 Å². The van der Waals surface area contributed by atoms with E-state index in [1.807, 2.05) is 37.5 Å². The number of rotatable bonds is 6. The van der Waals surface area contributed by atoms with Crippen molar-refractivity contribution in [3.63, 3.8) is 0 Å². The van der Waals surface area contributed by atoms with Crippen LogP contribution in [0, 0.1) is 6.92 Å². The molecule has 0 radical (unpaired) electrons. The van der Waals surface area contributed by atoms with Crippen molar-refractivity contribution >= 4 is 0 Å². The molecule has 0 aromatic carbocycles. The second-order valence-electron chi connectivity index (χ2n) is 5.04. The van der Waals surface area contributed by atoms with Crippen LogP contribution in [0.2, 0.25) is 0 Å². The first kappa shape index (κ1) is 14.6. The smallest absolute Gasteiger partial charge is 0.0482 e. The Kier molecular flexibility index (Phi) is 5.21. The molecule has 2 aromatic heterocycles. The van der Waals surface area contributed by atoms with Gasteiger partial charge in [0, 0.05) is 49.3 Å². The summed E-state index contributed by atoms with van der Waals surface area (Å²) in [5.74, 6) is 0. The molecule has 4 nitrogen and oxygen atoms in total. The van der Waals surface area contributed by atoms with Crippen LogP contribution in [0.3, 0.4) is 0 Å². The number of likely N-dealkylation sites (N-methyl/N-ethyl adjacent to an activating group) is 1. The lowest BCUT2D eigenvalue weighted by atomic mass is 10.1. The molecule has 0 amide bonds. The number of nitrogens with zero attached hydrogens (tertiary/aromatic N) is 3. The van der Waals surface area contributed by atoms with Crippen LogP contribution in [0.25, 0.3) is 0 Å². The number of hydrogen-bond acceptors (Lipinski definition) is 4. The molecule has 0 aliphatic rings. The van der Waals surface area contributed by atoms with Crippen LogP contribution >= 0.6 is 0 Å². The Morgan fingerprint density at radius 2 is 2.05 bits per heavy atom. The summed E-state index contributed by atoms with van der Waals surface area (Å²) in [6.07, 6.45) is 4.68. The van der Waals surface area contributed by atoms with Crippen LogP contribution in [-0.2, 0) is 6.42 Å². The van der Waals surface area contributed by atoms with Gasteiger partial charge in [-0.1, -0.05) is 12.1 Å². The molecule has 2 N–H and O–H groups in total. The maximum atomic E-state index is 5.93. The van der Waals surface area contributed by atoms with Crippen LogP contribution in [-0.4, -0.2) is 35.0 Å². The van der Waals surface area contributed by atoms with Gasteiger partial charge < -0.3 is 5.73 Å². The van der Waals surface area contributed by atoms with Gasteiger partial charge in [-0.15, -0.1) is 0 Å². The topological polar surface area (TPSA) is 55.0 Å². The third kappa shape index (κ3) is 3.85. The van der Waals surface area contributed by atoms with E-state index in [1.165, 1.54) is 5.56 Å². The van der Waals surface area contributed by atoms with E-state index in [4.69, 9.17) is 5.73 Å². The van der Waals surface area contributed by atoms with Gasteiger partial charge >= 0.3 is 0 Å². The Morgan fingerprint density at radius 3 is 2.65 bits per heavy atom. The lowest BCUT2D eigenvalue weighted by Gasteiger charge is -2.27. The van der Waals surface area contributed by atoms with Gasteiger partial charge in [0.2, 0.25) is 0 Å². The summed E-state index contributed by atoms with van der Waals surface area (Å²) in [6.45, 7) is 3.50. The summed E-state index contributed by atoms with van der Waals surface area (Å²) in [4.78, 5) is 11.0. The normalized spacial score (nSPS) is 12.6. The third-order valence-electron chi connectivity index (χ3n) is 3.52. The molecule has 0 fully saturated rings. The van der Waals surface area contributed by atoms with Gasteiger partial charge in [0.25, 0.3) is 0 Å². The van der Waals surface area contributed by atoms with E-state index >= 15 is 0 Å². The molecule has 0 saturated heterocycles. The second kappa shape index (κ2) is 7.12. The number of hydrogen-bond donors (Lipinski definition) is 1. The van der Waals surface area contributed by atoms with Crippen molar-refractivity contribution in [2.75, 3.05) is 20.1 Å². The van der Waals surface area contributed by atoms with Crippen molar-refractivity contribution < 1.29 is 0 Å². The summed E-state index contributed by atoms with van der Waals surface area (Å²) in [5.41, 5.74) is 9.23. The molecule has 20 heavy (non-hydrogen) atoms. The minimum Gasteiger partial charge on any atom is -0.329 e. The SMILES string of the molecule is Cc1ccc(C(CN)N(C)CCc2ccccn2)cn1. The highest BCUT2D eigenvalue weighted by Crippen LogP contribution is 2.17. The lowest BCUT2D eigenvalue weighted by Crippen LogP contribution is -2.32. The lowest BCUT2D eigenvalue weighted by molar-refractivity contribution is 0.252. The maximum absolute atomic E-state index is 5.93. The number of pyridine rings is 2. The molecule has 0 bridgehead atoms. The summed E-state index contributed by atoms with van der Waals surface area (Å²) < 4.78 is 0. The molecule has 106 valence electrons. The van der Waals surface area contributed by atoms with Gasteiger partial charge in [-0.2, -0.15) is 0 Å². The molecule has 4 heteroatoms. The molecule has 0 aliphatic carbocycles. The molecule has 2 rings (SSSR count). The minimum absolute atomic E-state index is 0.201. The summed E-state index contributed by atoms with van der Waals surface area (Å²) >= 11 is 0. The highest BCUT2D eigenvalue weighted by atomic mass is 15.1. The molecule has 2 heterocycles. The van der Waals surface area contributed by atoms with Crippen LogP contribution in [0.4, 0.5) is 0 Å². The molecule has 1 atom stereocenters. The maximum Gasteiger partial charge on any atom is 0.0482 e. The standard InChI is InChI=1S/C16H22N4/c1-13-6-7-14(12-19-13)16(11-17)20(2)10-8-15-5-3-4-9-18-15/h3-7,9,12,16H,8,10-11,17H2,1-2H3. The van der Waals surface area contributed by atoms with Gasteiger partial charge in [0.15, 0.2) is 0 Å². The van der Waals surface area contributed by atoms with Crippen molar-refractivity contribution in [2.45, 2.75) is 19.4 Å². The fraction of sp³-hybridized carbons (Fsp3) is 0.375. The molecule has 0 spiro atoms. The molecular formula is C16H22N4. The van der Waals surface area contributed by atoms with Gasteiger partial charge in [0.05, 0.1) is 0 Å². The van der Waals surface area contributed by atoms with Gasteiger partial charge in [-0.25, -0.2) is 0 Å². The summed E-state index contributed by atoms with van der Waals surface area (Å²) in [6, 6.07) is 10.4. The van der Waals surface area contributed by atoms with E-state index in [0.29, 0.717) is 6.54 Å². The molecule has 2 aromatic rings. The summed E-state index contributed by atoms with van der Waals surface area (Å²) in [5, 5.41) is 0. The first-order valence-electron chi connectivity index (χ1n) is 6.93. The van der Waals surface area contributed by atoms with E-state index in [2.05, 4.69) is 34.0 Å². The highest BCUT2D eigenvalue weighted by molar-refractivity contribution is 5.17. The van der Waals surface area contributed by atoms with Gasteiger partial charge in [-0.3, -0.25) is 14.9 Å². The molecule has 1 unspecified atom stereocenters. The zero-order chi connectivity index (χ0) is 14.4. The van der Waals surface area contributed by atoms with Crippen LogP contribution in [0.15, 0.2) is 42.7 Å². The predicted molar refractivity (Wildman–Crippen MR) is 81.3 cm³/mol. The van der Waals surface area contributed by atoms with Crippen LogP contribution < -0.4 is 5.73 Å². The Bertz CT molecular complexity index is 510. The molecule has 0 aliphatic heterocycles. The zero-order valence-corrected chi connectivity index (χ0v) is 12.2. The second-order valence-corrected chi connectivity index (χ2v) is 5.04. The fourth-order valence-corrected chi connectivity index (χ4v) is 2.24. The van der Waals surface area contributed by atoms with Crippen molar-refractivity contribution in [1.82, 2.24) is 14.9 Å². The Hall–Kier alpha value is -1.78. The summed E-state index contributed by atoms with van der Waals surface area (Å²) in [7, 11) is 2.10.